The molecule has 4 N–H and O–H groups in total. The summed E-state index contributed by atoms with van der Waals surface area (Å²) in [4.78, 5) is 26.8. The fraction of sp³-hybridized carbons (Fsp3) is 0.227. The van der Waals surface area contributed by atoms with Crippen LogP contribution in [0.15, 0.2) is 48.5 Å². The van der Waals surface area contributed by atoms with Crippen LogP contribution in [-0.4, -0.2) is 44.9 Å². The SMILES string of the molecule is Cc1ccc(NC(=O)N2Cc3c(C(N)=O)c(-c4cccc(Cl)c4)nn3C(CO)C2)cc1. The molecule has 1 atom stereocenters. The van der Waals surface area contributed by atoms with Crippen LogP contribution in [0.25, 0.3) is 11.3 Å². The second-order valence-corrected chi connectivity index (χ2v) is 7.94. The Morgan fingerprint density at radius 2 is 2.00 bits per heavy atom. The molecule has 2 heterocycles. The summed E-state index contributed by atoms with van der Waals surface area (Å²) in [5.41, 5.74) is 9.15. The summed E-state index contributed by atoms with van der Waals surface area (Å²) < 4.78 is 1.59. The van der Waals surface area contributed by atoms with Crippen molar-refractivity contribution in [2.75, 3.05) is 18.5 Å². The Balaban J connectivity index is 1.70. The highest BCUT2D eigenvalue weighted by Gasteiger charge is 2.34. The van der Waals surface area contributed by atoms with Crippen molar-refractivity contribution in [3.05, 3.63) is 70.4 Å². The second kappa shape index (κ2) is 8.41. The molecule has 0 radical (unpaired) electrons. The molecule has 4 rings (SSSR count). The van der Waals surface area contributed by atoms with E-state index in [0.717, 1.165) is 5.56 Å². The van der Waals surface area contributed by atoms with Crippen molar-refractivity contribution in [3.63, 3.8) is 0 Å². The number of aromatic nitrogens is 2. The highest BCUT2D eigenvalue weighted by molar-refractivity contribution is 6.30. The minimum absolute atomic E-state index is 0.125. The number of hydrogen-bond acceptors (Lipinski definition) is 4. The molecule has 3 amide bonds. The van der Waals surface area contributed by atoms with Crippen LogP contribution < -0.4 is 11.1 Å². The van der Waals surface area contributed by atoms with Gasteiger partial charge in [-0.05, 0) is 31.2 Å². The third-order valence-electron chi connectivity index (χ3n) is 5.27. The van der Waals surface area contributed by atoms with Crippen LogP contribution in [0.2, 0.25) is 5.02 Å². The number of nitrogens with one attached hydrogen (secondary N) is 1. The van der Waals surface area contributed by atoms with Crippen LogP contribution in [0, 0.1) is 6.92 Å². The molecule has 1 aliphatic rings. The van der Waals surface area contributed by atoms with Crippen molar-refractivity contribution in [3.8, 4) is 11.3 Å². The van der Waals surface area contributed by atoms with Gasteiger partial charge in [0.25, 0.3) is 5.91 Å². The molecule has 0 saturated carbocycles. The fourth-order valence-corrected chi connectivity index (χ4v) is 3.92. The van der Waals surface area contributed by atoms with Crippen molar-refractivity contribution in [1.29, 1.82) is 0 Å². The largest absolute Gasteiger partial charge is 0.394 e. The van der Waals surface area contributed by atoms with E-state index in [1.54, 1.807) is 28.9 Å². The Hall–Kier alpha value is -3.36. The monoisotopic (exact) mass is 439 g/mol. The number of nitrogens with zero attached hydrogens (tertiary/aromatic N) is 3. The molecular weight excluding hydrogens is 418 g/mol. The third kappa shape index (κ3) is 4.12. The number of carbonyl (C=O) groups excluding carboxylic acids is 2. The van der Waals surface area contributed by atoms with E-state index >= 15 is 0 Å². The Labute approximate surface area is 184 Å². The Morgan fingerprint density at radius 3 is 2.65 bits per heavy atom. The van der Waals surface area contributed by atoms with Crippen molar-refractivity contribution in [1.82, 2.24) is 14.7 Å². The van der Waals surface area contributed by atoms with Gasteiger partial charge in [0.05, 0.1) is 30.5 Å². The Kier molecular flexibility index (Phi) is 5.67. The first-order valence-corrected chi connectivity index (χ1v) is 10.2. The summed E-state index contributed by atoms with van der Waals surface area (Å²) in [5.74, 6) is -0.659. The lowest BCUT2D eigenvalue weighted by atomic mass is 10.0. The smallest absolute Gasteiger partial charge is 0.322 e. The van der Waals surface area contributed by atoms with Gasteiger partial charge in [-0.15, -0.1) is 0 Å². The van der Waals surface area contributed by atoms with Crippen LogP contribution >= 0.6 is 11.6 Å². The molecule has 2 aromatic carbocycles. The maximum atomic E-state index is 12.9. The van der Waals surface area contributed by atoms with Gasteiger partial charge in [0.2, 0.25) is 0 Å². The van der Waals surface area contributed by atoms with Gasteiger partial charge in [0.15, 0.2) is 0 Å². The van der Waals surface area contributed by atoms with Crippen LogP contribution in [0.5, 0.6) is 0 Å². The third-order valence-corrected chi connectivity index (χ3v) is 5.51. The molecule has 0 bridgehead atoms. The second-order valence-electron chi connectivity index (χ2n) is 7.50. The molecule has 1 aliphatic heterocycles. The maximum Gasteiger partial charge on any atom is 0.322 e. The average molecular weight is 440 g/mol. The first-order chi connectivity index (χ1) is 14.9. The standard InChI is InChI=1S/C22H22ClN5O3/c1-13-5-7-16(8-6-13)25-22(31)27-10-17(12-29)28-18(11-27)19(21(24)30)20(26-28)14-3-2-4-15(23)9-14/h2-9,17,29H,10-12H2,1H3,(H2,24,30)(H,25,31). The van der Waals surface area contributed by atoms with E-state index in [9.17, 15) is 14.7 Å². The predicted octanol–water partition coefficient (Wildman–Crippen LogP) is 3.19. The zero-order valence-corrected chi connectivity index (χ0v) is 17.6. The zero-order valence-electron chi connectivity index (χ0n) is 16.9. The van der Waals surface area contributed by atoms with E-state index in [2.05, 4.69) is 10.4 Å². The first kappa shape index (κ1) is 20.9. The number of aryl methyl sites for hydroxylation is 1. The van der Waals surface area contributed by atoms with Gasteiger partial charge in [0.1, 0.15) is 5.69 Å². The van der Waals surface area contributed by atoms with Gasteiger partial charge in [-0.25, -0.2) is 4.79 Å². The number of primary amides is 1. The molecule has 0 fully saturated rings. The number of fused-ring (bicyclic) bond motifs is 1. The summed E-state index contributed by atoms with van der Waals surface area (Å²) in [6, 6.07) is 13.5. The molecule has 9 heteroatoms. The maximum absolute atomic E-state index is 12.9. The van der Waals surface area contributed by atoms with Crippen molar-refractivity contribution >= 4 is 29.2 Å². The summed E-state index contributed by atoms with van der Waals surface area (Å²) in [7, 11) is 0. The molecule has 8 nitrogen and oxygen atoms in total. The number of urea groups is 1. The van der Waals surface area contributed by atoms with Gasteiger partial charge >= 0.3 is 6.03 Å². The predicted molar refractivity (Wildman–Crippen MR) is 118 cm³/mol. The van der Waals surface area contributed by atoms with Gasteiger partial charge in [0, 0.05) is 22.8 Å². The lowest BCUT2D eigenvalue weighted by Gasteiger charge is -2.33. The fourth-order valence-electron chi connectivity index (χ4n) is 3.73. The van der Waals surface area contributed by atoms with E-state index in [1.165, 1.54) is 4.90 Å². The molecule has 0 saturated heterocycles. The molecule has 160 valence electrons. The number of nitrogens with two attached hydrogens (primary N) is 1. The number of rotatable bonds is 4. The van der Waals surface area contributed by atoms with Crippen LogP contribution in [0.3, 0.4) is 0 Å². The molecule has 1 aromatic heterocycles. The minimum atomic E-state index is -0.659. The van der Waals surface area contributed by atoms with Crippen LogP contribution in [-0.2, 0) is 6.54 Å². The van der Waals surface area contributed by atoms with Gasteiger partial charge in [-0.3, -0.25) is 9.48 Å². The summed E-state index contributed by atoms with van der Waals surface area (Å²) in [6.45, 7) is 2.07. The van der Waals surface area contributed by atoms with E-state index in [0.29, 0.717) is 27.7 Å². The molecule has 31 heavy (non-hydrogen) atoms. The van der Waals surface area contributed by atoms with Crippen molar-refractivity contribution in [2.24, 2.45) is 5.73 Å². The zero-order chi connectivity index (χ0) is 22.1. The molecule has 3 aromatic rings. The minimum Gasteiger partial charge on any atom is -0.394 e. The van der Waals surface area contributed by atoms with E-state index in [-0.39, 0.29) is 31.3 Å². The highest BCUT2D eigenvalue weighted by atomic mass is 35.5. The molecule has 1 unspecified atom stereocenters. The number of aliphatic hydroxyl groups excluding tert-OH is 1. The quantitative estimate of drug-likeness (QED) is 0.579. The number of carbonyl (C=O) groups is 2. The molecular formula is C22H22ClN5O3. The lowest BCUT2D eigenvalue weighted by molar-refractivity contribution is 0.0993. The Bertz CT molecular complexity index is 1140. The highest BCUT2D eigenvalue weighted by Crippen LogP contribution is 2.32. The number of amides is 3. The van der Waals surface area contributed by atoms with E-state index in [4.69, 9.17) is 17.3 Å². The summed E-state index contributed by atoms with van der Waals surface area (Å²) in [5, 5.41) is 17.9. The number of benzene rings is 2. The normalized spacial score (nSPS) is 15.5. The van der Waals surface area contributed by atoms with Gasteiger partial charge in [-0.2, -0.15) is 5.10 Å². The summed E-state index contributed by atoms with van der Waals surface area (Å²) >= 11 is 6.11. The Morgan fingerprint density at radius 1 is 1.26 bits per heavy atom. The number of aliphatic hydroxyl groups is 1. The van der Waals surface area contributed by atoms with Gasteiger partial charge < -0.3 is 21.1 Å². The molecule has 0 spiro atoms. The average Bonchev–Trinajstić information content (AvgIpc) is 3.14. The topological polar surface area (TPSA) is 113 Å². The van der Waals surface area contributed by atoms with E-state index in [1.807, 2.05) is 31.2 Å². The van der Waals surface area contributed by atoms with Crippen LogP contribution in [0.1, 0.15) is 27.7 Å². The number of hydrogen-bond donors (Lipinski definition) is 3. The molecule has 0 aliphatic carbocycles. The van der Waals surface area contributed by atoms with Crippen molar-refractivity contribution in [2.45, 2.75) is 19.5 Å². The van der Waals surface area contributed by atoms with E-state index < -0.39 is 11.9 Å². The van der Waals surface area contributed by atoms with Crippen LogP contribution in [0.4, 0.5) is 10.5 Å². The van der Waals surface area contributed by atoms with Crippen molar-refractivity contribution < 1.29 is 14.7 Å². The summed E-state index contributed by atoms with van der Waals surface area (Å²) in [6.07, 6.45) is 0. The number of halogens is 1. The lowest BCUT2D eigenvalue weighted by Crippen LogP contribution is -2.44. The van der Waals surface area contributed by atoms with Gasteiger partial charge in [-0.1, -0.05) is 41.4 Å². The number of anilines is 1. The first-order valence-electron chi connectivity index (χ1n) is 9.78.